The van der Waals surface area contributed by atoms with Gasteiger partial charge in [-0.2, -0.15) is 5.26 Å². The van der Waals surface area contributed by atoms with Crippen LogP contribution in [0.4, 0.5) is 0 Å². The van der Waals surface area contributed by atoms with Gasteiger partial charge in [0.05, 0.1) is 11.6 Å². The summed E-state index contributed by atoms with van der Waals surface area (Å²) in [6, 6.07) is 47.7. The second-order valence-corrected chi connectivity index (χ2v) is 12.1. The van der Waals surface area contributed by atoms with Crippen molar-refractivity contribution in [3.63, 3.8) is 0 Å². The summed E-state index contributed by atoms with van der Waals surface area (Å²) in [6.45, 7) is 0. The lowest BCUT2D eigenvalue weighted by atomic mass is 9.88. The molecule has 0 N–H and O–H groups in total. The summed E-state index contributed by atoms with van der Waals surface area (Å²) in [6.07, 6.45) is 0. The average Bonchev–Trinajstić information content (AvgIpc) is 3.59. The number of thiophene rings is 2. The molecule has 8 rings (SSSR count). The first-order valence-corrected chi connectivity index (χ1v) is 14.9. The molecule has 6 aromatic carbocycles. The van der Waals surface area contributed by atoms with Gasteiger partial charge in [0.2, 0.25) is 0 Å². The van der Waals surface area contributed by atoms with Crippen molar-refractivity contribution in [3.05, 3.63) is 133 Å². The molecule has 40 heavy (non-hydrogen) atoms. The molecular weight excluding hydrogens is 523 g/mol. The van der Waals surface area contributed by atoms with E-state index in [1.54, 1.807) is 0 Å². The Hall–Kier alpha value is -4.75. The highest BCUT2D eigenvalue weighted by Gasteiger charge is 2.18. The van der Waals surface area contributed by atoms with Crippen molar-refractivity contribution in [1.29, 1.82) is 5.26 Å². The highest BCUT2D eigenvalue weighted by atomic mass is 32.1. The Bertz CT molecular complexity index is 2290. The fraction of sp³-hybridized carbons (Fsp3) is 0. The summed E-state index contributed by atoms with van der Waals surface area (Å²) in [7, 11) is 0. The van der Waals surface area contributed by atoms with Crippen LogP contribution in [0.1, 0.15) is 5.56 Å². The summed E-state index contributed by atoms with van der Waals surface area (Å²) in [5.41, 5.74) is 7.45. The Morgan fingerprint density at radius 1 is 0.450 bits per heavy atom. The number of nitriles is 1. The first-order valence-electron chi connectivity index (χ1n) is 13.2. The SMILES string of the molecule is N#Cc1ccccc1-c1cc(-c2cccc3sc4ccccc4c23)ccc1-c1cccc2c1sc1ccccc12. The minimum Gasteiger partial charge on any atom is -0.192 e. The summed E-state index contributed by atoms with van der Waals surface area (Å²) >= 11 is 3.68. The van der Waals surface area contributed by atoms with Gasteiger partial charge in [-0.05, 0) is 52.6 Å². The number of hydrogen-bond acceptors (Lipinski definition) is 3. The van der Waals surface area contributed by atoms with Crippen LogP contribution in [-0.2, 0) is 0 Å². The van der Waals surface area contributed by atoms with Crippen LogP contribution in [0.5, 0.6) is 0 Å². The van der Waals surface area contributed by atoms with Crippen LogP contribution >= 0.6 is 22.7 Å². The first kappa shape index (κ1) is 23.2. The number of rotatable bonds is 3. The molecule has 2 aromatic heterocycles. The van der Waals surface area contributed by atoms with Crippen LogP contribution in [-0.4, -0.2) is 0 Å². The van der Waals surface area contributed by atoms with Gasteiger partial charge in [0, 0.05) is 51.5 Å². The van der Waals surface area contributed by atoms with E-state index in [-0.39, 0.29) is 0 Å². The monoisotopic (exact) mass is 543 g/mol. The Morgan fingerprint density at radius 2 is 1.10 bits per heavy atom. The zero-order valence-electron chi connectivity index (χ0n) is 21.4. The fourth-order valence-corrected chi connectivity index (χ4v) is 8.32. The lowest BCUT2D eigenvalue weighted by Gasteiger charge is -2.15. The molecule has 3 heteroatoms. The minimum absolute atomic E-state index is 0.684. The van der Waals surface area contributed by atoms with Crippen LogP contribution in [0.2, 0.25) is 0 Å². The molecule has 0 fully saturated rings. The third-order valence-electron chi connectivity index (χ3n) is 7.77. The van der Waals surface area contributed by atoms with Crippen LogP contribution in [0.25, 0.3) is 73.7 Å². The zero-order valence-corrected chi connectivity index (χ0v) is 23.0. The van der Waals surface area contributed by atoms with Crippen LogP contribution in [0.3, 0.4) is 0 Å². The molecular formula is C37H21NS2. The third-order valence-corrected chi connectivity index (χ3v) is 10.1. The van der Waals surface area contributed by atoms with Crippen LogP contribution < -0.4 is 0 Å². The van der Waals surface area contributed by atoms with Gasteiger partial charge in [0.15, 0.2) is 0 Å². The second kappa shape index (κ2) is 9.17. The summed E-state index contributed by atoms with van der Waals surface area (Å²) in [5.74, 6) is 0. The highest BCUT2D eigenvalue weighted by Crippen LogP contribution is 2.46. The van der Waals surface area contributed by atoms with Crippen molar-refractivity contribution in [3.8, 4) is 39.4 Å². The molecule has 0 radical (unpaired) electrons. The van der Waals surface area contributed by atoms with Crippen molar-refractivity contribution in [1.82, 2.24) is 0 Å². The lowest BCUT2D eigenvalue weighted by molar-refractivity contribution is 1.48. The topological polar surface area (TPSA) is 23.8 Å². The van der Waals surface area contributed by atoms with Crippen molar-refractivity contribution >= 4 is 63.0 Å². The van der Waals surface area contributed by atoms with E-state index in [1.165, 1.54) is 51.5 Å². The predicted molar refractivity (Wildman–Crippen MR) is 173 cm³/mol. The molecule has 0 aliphatic carbocycles. The number of fused-ring (bicyclic) bond motifs is 6. The smallest absolute Gasteiger partial charge is 0.0998 e. The third kappa shape index (κ3) is 3.51. The van der Waals surface area contributed by atoms with E-state index in [0.29, 0.717) is 5.56 Å². The summed E-state index contributed by atoms with van der Waals surface area (Å²) in [5, 5.41) is 15.2. The van der Waals surface area contributed by atoms with Crippen molar-refractivity contribution in [2.24, 2.45) is 0 Å². The molecule has 0 amide bonds. The normalized spacial score (nSPS) is 11.5. The maximum atomic E-state index is 10.1. The van der Waals surface area contributed by atoms with Crippen LogP contribution in [0.15, 0.2) is 127 Å². The van der Waals surface area contributed by atoms with Crippen LogP contribution in [0, 0.1) is 11.3 Å². The summed E-state index contributed by atoms with van der Waals surface area (Å²) < 4.78 is 5.15. The number of benzene rings is 6. The highest BCUT2D eigenvalue weighted by molar-refractivity contribution is 7.26. The maximum absolute atomic E-state index is 10.1. The minimum atomic E-state index is 0.684. The predicted octanol–water partition coefficient (Wildman–Crippen LogP) is 11.3. The standard InChI is InChI=1S/C37H21NS2/c38-22-24-9-1-2-10-25(24)32-21-23(26-13-8-18-35-36(26)31-12-4-6-17-34(31)39-35)19-20-27(32)29-14-7-15-30-28-11-3-5-16-33(28)40-37(29)30/h1-21H. The zero-order chi connectivity index (χ0) is 26.6. The largest absolute Gasteiger partial charge is 0.192 e. The molecule has 2 heterocycles. The molecule has 186 valence electrons. The number of nitrogens with zero attached hydrogens (tertiary/aromatic N) is 1. The molecule has 0 atom stereocenters. The van der Waals surface area contributed by atoms with Gasteiger partial charge in [-0.15, -0.1) is 22.7 Å². The van der Waals surface area contributed by atoms with Gasteiger partial charge in [-0.3, -0.25) is 0 Å². The Labute approximate surface area is 239 Å². The van der Waals surface area contributed by atoms with E-state index < -0.39 is 0 Å². The molecule has 0 saturated heterocycles. The maximum Gasteiger partial charge on any atom is 0.0998 e. The molecule has 0 spiro atoms. The average molecular weight is 544 g/mol. The van der Waals surface area contributed by atoms with E-state index in [4.69, 9.17) is 0 Å². The molecule has 0 aliphatic rings. The van der Waals surface area contributed by atoms with E-state index in [0.717, 1.165) is 22.3 Å². The molecule has 0 unspecified atom stereocenters. The molecule has 0 aliphatic heterocycles. The van der Waals surface area contributed by atoms with E-state index >= 15 is 0 Å². The Kier molecular flexibility index (Phi) is 5.31. The second-order valence-electron chi connectivity index (χ2n) is 9.98. The fourth-order valence-electron chi connectivity index (χ4n) is 5.96. The van der Waals surface area contributed by atoms with Crippen molar-refractivity contribution < 1.29 is 0 Å². The van der Waals surface area contributed by atoms with Gasteiger partial charge in [0.1, 0.15) is 0 Å². The molecule has 0 saturated carbocycles. The summed E-state index contributed by atoms with van der Waals surface area (Å²) in [4.78, 5) is 0. The van der Waals surface area contributed by atoms with Crippen molar-refractivity contribution in [2.75, 3.05) is 0 Å². The van der Waals surface area contributed by atoms with E-state index in [9.17, 15) is 5.26 Å². The first-order chi connectivity index (χ1) is 19.8. The quantitative estimate of drug-likeness (QED) is 0.217. The van der Waals surface area contributed by atoms with Gasteiger partial charge in [-0.1, -0.05) is 97.1 Å². The molecule has 1 nitrogen and oxygen atoms in total. The van der Waals surface area contributed by atoms with Gasteiger partial charge < -0.3 is 0 Å². The van der Waals surface area contributed by atoms with Gasteiger partial charge >= 0.3 is 0 Å². The molecule has 8 aromatic rings. The Balaban J connectivity index is 1.44. The molecule has 0 bridgehead atoms. The number of hydrogen-bond donors (Lipinski definition) is 0. The van der Waals surface area contributed by atoms with Crippen molar-refractivity contribution in [2.45, 2.75) is 0 Å². The van der Waals surface area contributed by atoms with E-state index in [1.807, 2.05) is 40.9 Å². The van der Waals surface area contributed by atoms with Gasteiger partial charge in [-0.25, -0.2) is 0 Å². The Morgan fingerprint density at radius 3 is 1.98 bits per heavy atom. The van der Waals surface area contributed by atoms with E-state index in [2.05, 4.69) is 115 Å². The lowest BCUT2D eigenvalue weighted by Crippen LogP contribution is -1.91. The van der Waals surface area contributed by atoms with Gasteiger partial charge in [0.25, 0.3) is 0 Å².